The third-order valence-corrected chi connectivity index (χ3v) is 5.13. The summed E-state index contributed by atoms with van der Waals surface area (Å²) in [5, 5.41) is 3.48. The largest absolute Gasteiger partial charge is 0.385 e. The molecule has 0 aliphatic carbocycles. The van der Waals surface area contributed by atoms with Gasteiger partial charge < -0.3 is 10.1 Å². The molecular formula is C17H26N2O2S. The van der Waals surface area contributed by atoms with Crippen LogP contribution in [0.2, 0.25) is 0 Å². The van der Waals surface area contributed by atoms with E-state index in [0.717, 1.165) is 18.7 Å². The van der Waals surface area contributed by atoms with Crippen molar-refractivity contribution in [3.63, 3.8) is 0 Å². The number of amides is 1. The van der Waals surface area contributed by atoms with E-state index in [0.29, 0.717) is 31.0 Å². The first kappa shape index (κ1) is 17.3. The number of ether oxygens (including phenoxy) is 1. The summed E-state index contributed by atoms with van der Waals surface area (Å²) < 4.78 is 5.00. The van der Waals surface area contributed by atoms with Crippen LogP contribution in [0.5, 0.6) is 0 Å². The standard InChI is InChI=1S/C17H26N2O2S/c1-14-17(15-7-4-3-5-8-15)19(10-12-22-14)13-16(20)18-9-6-11-21-2/h3-5,7-8,14,17H,6,9-13H2,1-2H3,(H,18,20)/t14-,17-/m0/s1. The number of rotatable bonds is 7. The highest BCUT2D eigenvalue weighted by Crippen LogP contribution is 2.35. The van der Waals surface area contributed by atoms with Crippen LogP contribution in [-0.4, -0.2) is 55.2 Å². The molecule has 0 bridgehead atoms. The molecule has 2 rings (SSSR count). The molecule has 4 nitrogen and oxygen atoms in total. The average Bonchev–Trinajstić information content (AvgIpc) is 2.53. The van der Waals surface area contributed by atoms with Gasteiger partial charge in [0.15, 0.2) is 0 Å². The van der Waals surface area contributed by atoms with Gasteiger partial charge in [0, 0.05) is 43.9 Å². The molecule has 1 heterocycles. The summed E-state index contributed by atoms with van der Waals surface area (Å²) in [6, 6.07) is 10.8. The monoisotopic (exact) mass is 322 g/mol. The Morgan fingerprint density at radius 2 is 2.18 bits per heavy atom. The molecule has 1 aliphatic heterocycles. The number of methoxy groups -OCH3 is 1. The van der Waals surface area contributed by atoms with E-state index in [4.69, 9.17) is 4.74 Å². The third kappa shape index (κ3) is 5.00. The topological polar surface area (TPSA) is 41.6 Å². The average molecular weight is 322 g/mol. The van der Waals surface area contributed by atoms with Gasteiger partial charge in [0.1, 0.15) is 0 Å². The highest BCUT2D eigenvalue weighted by molar-refractivity contribution is 8.00. The van der Waals surface area contributed by atoms with Crippen LogP contribution in [0, 0.1) is 0 Å². The van der Waals surface area contributed by atoms with Crippen molar-refractivity contribution >= 4 is 17.7 Å². The van der Waals surface area contributed by atoms with Crippen molar-refractivity contribution in [1.29, 1.82) is 0 Å². The Kier molecular flexibility index (Phi) is 7.22. The second-order valence-corrected chi connectivity index (χ2v) is 7.08. The number of nitrogens with one attached hydrogen (secondary N) is 1. The molecule has 1 saturated heterocycles. The highest BCUT2D eigenvalue weighted by Gasteiger charge is 2.31. The molecule has 0 spiro atoms. The fourth-order valence-corrected chi connectivity index (χ4v) is 4.10. The fraction of sp³-hybridized carbons (Fsp3) is 0.588. The number of hydrogen-bond acceptors (Lipinski definition) is 4. The SMILES string of the molecule is COCCCNC(=O)CN1CCS[C@@H](C)[C@H]1c1ccccc1. The Balaban J connectivity index is 1.93. The lowest BCUT2D eigenvalue weighted by molar-refractivity contribution is -0.122. The lowest BCUT2D eigenvalue weighted by Crippen LogP contribution is -2.45. The number of thioether (sulfide) groups is 1. The summed E-state index contributed by atoms with van der Waals surface area (Å²) in [4.78, 5) is 14.5. The van der Waals surface area contributed by atoms with Crippen LogP contribution in [0.3, 0.4) is 0 Å². The summed E-state index contributed by atoms with van der Waals surface area (Å²) in [7, 11) is 1.68. The van der Waals surface area contributed by atoms with Crippen molar-refractivity contribution < 1.29 is 9.53 Å². The molecular weight excluding hydrogens is 296 g/mol. The molecule has 0 aromatic heterocycles. The molecule has 0 unspecified atom stereocenters. The third-order valence-electron chi connectivity index (χ3n) is 3.93. The first-order valence-electron chi connectivity index (χ1n) is 7.88. The van der Waals surface area contributed by atoms with E-state index >= 15 is 0 Å². The van der Waals surface area contributed by atoms with Crippen molar-refractivity contribution in [3.8, 4) is 0 Å². The number of hydrogen-bond donors (Lipinski definition) is 1. The van der Waals surface area contributed by atoms with Gasteiger partial charge in [0.2, 0.25) is 5.91 Å². The molecule has 1 N–H and O–H groups in total. The molecule has 1 fully saturated rings. The van der Waals surface area contributed by atoms with E-state index in [-0.39, 0.29) is 5.91 Å². The molecule has 1 aromatic rings. The Labute approximate surface area is 137 Å². The second-order valence-electron chi connectivity index (χ2n) is 5.60. The van der Waals surface area contributed by atoms with Crippen molar-refractivity contribution in [2.45, 2.75) is 24.6 Å². The summed E-state index contributed by atoms with van der Waals surface area (Å²) in [5.41, 5.74) is 1.30. The zero-order valence-corrected chi connectivity index (χ0v) is 14.3. The smallest absolute Gasteiger partial charge is 0.234 e. The molecule has 5 heteroatoms. The highest BCUT2D eigenvalue weighted by atomic mass is 32.2. The minimum absolute atomic E-state index is 0.108. The van der Waals surface area contributed by atoms with Crippen molar-refractivity contribution in [2.75, 3.05) is 39.1 Å². The first-order valence-corrected chi connectivity index (χ1v) is 8.93. The molecule has 122 valence electrons. The molecule has 22 heavy (non-hydrogen) atoms. The lowest BCUT2D eigenvalue weighted by Gasteiger charge is -2.39. The van der Waals surface area contributed by atoms with Crippen molar-refractivity contribution in [1.82, 2.24) is 10.2 Å². The van der Waals surface area contributed by atoms with E-state index in [1.807, 2.05) is 17.8 Å². The van der Waals surface area contributed by atoms with E-state index in [1.165, 1.54) is 5.56 Å². The Hall–Kier alpha value is -1.04. The van der Waals surface area contributed by atoms with Gasteiger partial charge >= 0.3 is 0 Å². The molecule has 2 atom stereocenters. The van der Waals surface area contributed by atoms with E-state index < -0.39 is 0 Å². The quantitative estimate of drug-likeness (QED) is 0.782. The van der Waals surface area contributed by atoms with Crippen LogP contribution < -0.4 is 5.32 Å². The van der Waals surface area contributed by atoms with Crippen molar-refractivity contribution in [3.05, 3.63) is 35.9 Å². The van der Waals surface area contributed by atoms with Crippen LogP contribution in [0.4, 0.5) is 0 Å². The van der Waals surface area contributed by atoms with Gasteiger partial charge in [-0.25, -0.2) is 0 Å². The Bertz CT molecular complexity index is 455. The van der Waals surface area contributed by atoms with Crippen LogP contribution >= 0.6 is 11.8 Å². The predicted molar refractivity (Wildman–Crippen MR) is 92.2 cm³/mol. The zero-order chi connectivity index (χ0) is 15.8. The fourth-order valence-electron chi connectivity index (χ4n) is 2.88. The lowest BCUT2D eigenvalue weighted by atomic mass is 10.0. The minimum atomic E-state index is 0.108. The van der Waals surface area contributed by atoms with Crippen LogP contribution in [0.1, 0.15) is 24.9 Å². The number of nitrogens with zero attached hydrogens (tertiary/aromatic N) is 1. The zero-order valence-electron chi connectivity index (χ0n) is 13.5. The molecule has 1 amide bonds. The number of carbonyl (C=O) groups is 1. The second kappa shape index (κ2) is 9.18. The maximum atomic E-state index is 12.2. The Morgan fingerprint density at radius 3 is 2.91 bits per heavy atom. The van der Waals surface area contributed by atoms with E-state index in [9.17, 15) is 4.79 Å². The van der Waals surface area contributed by atoms with Crippen LogP contribution in [-0.2, 0) is 9.53 Å². The van der Waals surface area contributed by atoms with Crippen LogP contribution in [0.15, 0.2) is 30.3 Å². The molecule has 1 aliphatic rings. The van der Waals surface area contributed by atoms with E-state index in [1.54, 1.807) is 7.11 Å². The van der Waals surface area contributed by atoms with Gasteiger partial charge in [-0.2, -0.15) is 11.8 Å². The van der Waals surface area contributed by atoms with E-state index in [2.05, 4.69) is 41.4 Å². The van der Waals surface area contributed by atoms with Gasteiger partial charge in [0.25, 0.3) is 0 Å². The Morgan fingerprint density at radius 1 is 1.41 bits per heavy atom. The van der Waals surface area contributed by atoms with Gasteiger partial charge in [-0.1, -0.05) is 37.3 Å². The van der Waals surface area contributed by atoms with Crippen molar-refractivity contribution in [2.24, 2.45) is 0 Å². The van der Waals surface area contributed by atoms with Crippen LogP contribution in [0.25, 0.3) is 0 Å². The molecule has 0 saturated carbocycles. The number of benzene rings is 1. The maximum absolute atomic E-state index is 12.2. The minimum Gasteiger partial charge on any atom is -0.385 e. The van der Waals surface area contributed by atoms with Gasteiger partial charge in [-0.05, 0) is 12.0 Å². The number of carbonyl (C=O) groups excluding carboxylic acids is 1. The van der Waals surface area contributed by atoms with Gasteiger partial charge in [0.05, 0.1) is 6.54 Å². The molecule has 0 radical (unpaired) electrons. The predicted octanol–water partition coefficient (Wildman–Crippen LogP) is 2.32. The summed E-state index contributed by atoms with van der Waals surface area (Å²) in [6.45, 7) is 5.05. The summed E-state index contributed by atoms with van der Waals surface area (Å²) >= 11 is 1.99. The summed E-state index contributed by atoms with van der Waals surface area (Å²) in [5.74, 6) is 1.19. The maximum Gasteiger partial charge on any atom is 0.234 e. The van der Waals surface area contributed by atoms with Gasteiger partial charge in [-0.3, -0.25) is 9.69 Å². The first-order chi connectivity index (χ1) is 10.7. The normalized spacial score (nSPS) is 22.5. The molecule has 1 aromatic carbocycles. The van der Waals surface area contributed by atoms with Gasteiger partial charge in [-0.15, -0.1) is 0 Å². The summed E-state index contributed by atoms with van der Waals surface area (Å²) in [6.07, 6.45) is 0.858.